The van der Waals surface area contributed by atoms with Gasteiger partial charge in [0.25, 0.3) is 0 Å². The molecule has 0 aliphatic heterocycles. The van der Waals surface area contributed by atoms with Gasteiger partial charge in [0.1, 0.15) is 12.4 Å². The van der Waals surface area contributed by atoms with Gasteiger partial charge >= 0.3 is 0 Å². The fourth-order valence-corrected chi connectivity index (χ4v) is 3.45. The molecular formula is C21H24N4O4S. The molecule has 0 saturated carbocycles. The summed E-state index contributed by atoms with van der Waals surface area (Å²) in [6.07, 6.45) is 3.22. The van der Waals surface area contributed by atoms with Crippen LogP contribution in [0.5, 0.6) is 17.2 Å². The van der Waals surface area contributed by atoms with Gasteiger partial charge < -0.3 is 19.3 Å². The Kier molecular flexibility index (Phi) is 7.69. The summed E-state index contributed by atoms with van der Waals surface area (Å²) in [6, 6.07) is 13.1. The average molecular weight is 429 g/mol. The van der Waals surface area contributed by atoms with Crippen LogP contribution in [0, 0.1) is 0 Å². The third-order valence-corrected chi connectivity index (χ3v) is 5.20. The summed E-state index contributed by atoms with van der Waals surface area (Å²) < 4.78 is 17.9. The quantitative estimate of drug-likeness (QED) is 0.492. The second-order valence-corrected chi connectivity index (χ2v) is 7.24. The summed E-state index contributed by atoms with van der Waals surface area (Å²) in [5.41, 5.74) is 1.82. The van der Waals surface area contributed by atoms with E-state index in [-0.39, 0.29) is 6.61 Å². The Morgan fingerprint density at radius 3 is 2.60 bits per heavy atom. The number of ether oxygens (including phenoxy) is 3. The molecule has 0 spiro atoms. The number of allylic oxidation sites excluding steroid dienone is 1. The normalized spacial score (nSPS) is 12.1. The molecule has 8 nitrogen and oxygen atoms in total. The molecule has 0 radical (unpaired) electrons. The molecule has 2 aromatic carbocycles. The predicted octanol–water partition coefficient (Wildman–Crippen LogP) is 3.24. The second-order valence-electron chi connectivity index (χ2n) is 6.26. The third-order valence-electron chi connectivity index (χ3n) is 4.14. The number of tetrazole rings is 1. The van der Waals surface area contributed by atoms with Gasteiger partial charge in [-0.1, -0.05) is 30.0 Å². The maximum atomic E-state index is 10.3. The highest BCUT2D eigenvalue weighted by molar-refractivity contribution is 7.99. The fourth-order valence-electron chi connectivity index (χ4n) is 2.66. The van der Waals surface area contributed by atoms with Gasteiger partial charge in [0, 0.05) is 5.75 Å². The van der Waals surface area contributed by atoms with E-state index in [0.717, 1.165) is 17.0 Å². The molecule has 0 fully saturated rings. The molecule has 9 heteroatoms. The van der Waals surface area contributed by atoms with Gasteiger partial charge in [0.15, 0.2) is 11.5 Å². The summed E-state index contributed by atoms with van der Waals surface area (Å²) in [5, 5.41) is 22.7. The van der Waals surface area contributed by atoms with Crippen LogP contribution in [-0.2, 0) is 0 Å². The Morgan fingerprint density at radius 2 is 1.90 bits per heavy atom. The second kappa shape index (κ2) is 10.7. The lowest BCUT2D eigenvalue weighted by Gasteiger charge is -2.14. The van der Waals surface area contributed by atoms with Crippen LogP contribution in [0.2, 0.25) is 0 Å². The number of benzene rings is 2. The zero-order valence-corrected chi connectivity index (χ0v) is 17.9. The van der Waals surface area contributed by atoms with E-state index in [4.69, 9.17) is 14.2 Å². The van der Waals surface area contributed by atoms with Gasteiger partial charge in [0.2, 0.25) is 5.16 Å². The van der Waals surface area contributed by atoms with Crippen molar-refractivity contribution in [1.82, 2.24) is 20.2 Å². The predicted molar refractivity (Wildman–Crippen MR) is 116 cm³/mol. The first-order valence-corrected chi connectivity index (χ1v) is 10.3. The maximum absolute atomic E-state index is 10.3. The molecule has 1 aromatic heterocycles. The van der Waals surface area contributed by atoms with Gasteiger partial charge in [-0.3, -0.25) is 0 Å². The number of nitrogens with zero attached hydrogens (tertiary/aromatic N) is 4. The van der Waals surface area contributed by atoms with Crippen LogP contribution in [0.1, 0.15) is 12.5 Å². The molecule has 0 aliphatic rings. The van der Waals surface area contributed by atoms with Crippen LogP contribution < -0.4 is 14.2 Å². The number of thioether (sulfide) groups is 1. The number of rotatable bonds is 10. The number of methoxy groups -OCH3 is 2. The van der Waals surface area contributed by atoms with Crippen LogP contribution in [0.3, 0.4) is 0 Å². The SMILES string of the molecule is C/C=C/c1ccc(OCC(O)CSc2nnnn2-c2ccc(OC)cc2)c(OC)c1. The van der Waals surface area contributed by atoms with Gasteiger partial charge in [-0.15, -0.1) is 5.10 Å². The minimum atomic E-state index is -0.712. The third kappa shape index (κ3) is 5.52. The van der Waals surface area contributed by atoms with E-state index >= 15 is 0 Å². The highest BCUT2D eigenvalue weighted by Gasteiger charge is 2.14. The molecule has 3 rings (SSSR count). The van der Waals surface area contributed by atoms with Crippen LogP contribution in [-0.4, -0.2) is 58.0 Å². The summed E-state index contributed by atoms with van der Waals surface area (Å²) in [4.78, 5) is 0. The van der Waals surface area contributed by atoms with Crippen molar-refractivity contribution in [2.24, 2.45) is 0 Å². The molecule has 0 aliphatic carbocycles. The van der Waals surface area contributed by atoms with E-state index in [1.54, 1.807) is 18.9 Å². The number of aliphatic hydroxyl groups is 1. The van der Waals surface area contributed by atoms with Gasteiger partial charge in [-0.25, -0.2) is 0 Å². The highest BCUT2D eigenvalue weighted by atomic mass is 32.2. The number of aliphatic hydroxyl groups excluding tert-OH is 1. The van der Waals surface area contributed by atoms with E-state index in [2.05, 4.69) is 15.5 Å². The van der Waals surface area contributed by atoms with Crippen molar-refractivity contribution in [1.29, 1.82) is 0 Å². The van der Waals surface area contributed by atoms with E-state index in [1.165, 1.54) is 11.8 Å². The zero-order valence-electron chi connectivity index (χ0n) is 17.1. The molecule has 0 amide bonds. The van der Waals surface area contributed by atoms with E-state index < -0.39 is 6.10 Å². The smallest absolute Gasteiger partial charge is 0.214 e. The van der Waals surface area contributed by atoms with E-state index in [9.17, 15) is 5.11 Å². The first-order valence-electron chi connectivity index (χ1n) is 9.31. The van der Waals surface area contributed by atoms with Crippen molar-refractivity contribution in [2.75, 3.05) is 26.6 Å². The summed E-state index contributed by atoms with van der Waals surface area (Å²) in [6.45, 7) is 2.08. The lowest BCUT2D eigenvalue weighted by Crippen LogP contribution is -2.20. The monoisotopic (exact) mass is 428 g/mol. The molecule has 158 valence electrons. The van der Waals surface area contributed by atoms with Gasteiger partial charge in [0.05, 0.1) is 26.0 Å². The Balaban J connectivity index is 1.57. The van der Waals surface area contributed by atoms with Crippen LogP contribution in [0.15, 0.2) is 53.7 Å². The van der Waals surface area contributed by atoms with Crippen molar-refractivity contribution in [3.05, 3.63) is 54.1 Å². The van der Waals surface area contributed by atoms with Gasteiger partial charge in [-0.2, -0.15) is 4.68 Å². The van der Waals surface area contributed by atoms with Crippen LogP contribution >= 0.6 is 11.8 Å². The number of aromatic nitrogens is 4. The molecule has 0 bridgehead atoms. The molecule has 1 N–H and O–H groups in total. The Labute approximate surface area is 179 Å². The minimum Gasteiger partial charge on any atom is -0.497 e. The van der Waals surface area contributed by atoms with Crippen molar-refractivity contribution >= 4 is 17.8 Å². The topological polar surface area (TPSA) is 91.5 Å². The average Bonchev–Trinajstić information content (AvgIpc) is 3.25. The summed E-state index contributed by atoms with van der Waals surface area (Å²) in [7, 11) is 3.20. The summed E-state index contributed by atoms with van der Waals surface area (Å²) >= 11 is 1.35. The Morgan fingerprint density at radius 1 is 1.10 bits per heavy atom. The molecule has 1 unspecified atom stereocenters. The number of hydrogen-bond acceptors (Lipinski definition) is 8. The van der Waals surface area contributed by atoms with Crippen molar-refractivity contribution in [3.63, 3.8) is 0 Å². The molecule has 3 aromatic rings. The summed E-state index contributed by atoms with van der Waals surface area (Å²) in [5.74, 6) is 2.32. The Bertz CT molecular complexity index is 975. The van der Waals surface area contributed by atoms with Crippen molar-refractivity contribution in [2.45, 2.75) is 18.2 Å². The van der Waals surface area contributed by atoms with Crippen molar-refractivity contribution < 1.29 is 19.3 Å². The fraction of sp³-hybridized carbons (Fsp3) is 0.286. The molecule has 1 atom stereocenters. The molecule has 1 heterocycles. The lowest BCUT2D eigenvalue weighted by molar-refractivity contribution is 0.124. The molecule has 30 heavy (non-hydrogen) atoms. The standard InChI is InChI=1S/C21H24N4O4S/c1-4-5-15-6-11-19(20(12-15)28-3)29-13-17(26)14-30-21-22-23-24-25(21)16-7-9-18(27-2)10-8-16/h4-12,17,26H,13-14H2,1-3H3/b5-4+. The van der Waals surface area contributed by atoms with Gasteiger partial charge in [-0.05, 0) is 59.3 Å². The first kappa shape index (κ1) is 21.7. The zero-order chi connectivity index (χ0) is 21.3. The minimum absolute atomic E-state index is 0.121. The Hall–Kier alpha value is -3.04. The van der Waals surface area contributed by atoms with Crippen LogP contribution in [0.4, 0.5) is 0 Å². The van der Waals surface area contributed by atoms with Crippen molar-refractivity contribution in [3.8, 4) is 22.9 Å². The molecular weight excluding hydrogens is 404 g/mol. The molecule has 0 saturated heterocycles. The van der Waals surface area contributed by atoms with E-state index in [1.807, 2.05) is 61.5 Å². The first-order chi connectivity index (χ1) is 14.6. The highest BCUT2D eigenvalue weighted by Crippen LogP contribution is 2.29. The van der Waals surface area contributed by atoms with E-state index in [0.29, 0.717) is 22.4 Å². The number of hydrogen-bond donors (Lipinski definition) is 1. The van der Waals surface area contributed by atoms with Crippen LogP contribution in [0.25, 0.3) is 11.8 Å². The maximum Gasteiger partial charge on any atom is 0.214 e. The largest absolute Gasteiger partial charge is 0.497 e. The lowest BCUT2D eigenvalue weighted by atomic mass is 10.2.